The molecule has 0 bridgehead atoms. The standard InChI is InChI=1S/C20H19F2NO4/c21-13-5-6-14(15(22)10-13)19(23-8-2-1-3-16(23)20(24)25)12-4-7-17-18(9-12)27-11-26-17/h4-7,9-10,16,19H,1-3,8,11H2,(H,24,25). The highest BCUT2D eigenvalue weighted by Gasteiger charge is 2.36. The van der Waals surface area contributed by atoms with Crippen molar-refractivity contribution in [2.75, 3.05) is 13.3 Å². The van der Waals surface area contributed by atoms with Crippen LogP contribution in [-0.2, 0) is 4.79 Å². The molecule has 2 atom stereocenters. The fourth-order valence-electron chi connectivity index (χ4n) is 3.88. The van der Waals surface area contributed by atoms with Gasteiger partial charge in [0.05, 0.1) is 6.04 Å². The number of carbonyl (C=O) groups is 1. The van der Waals surface area contributed by atoms with Crippen molar-refractivity contribution in [3.05, 3.63) is 59.2 Å². The van der Waals surface area contributed by atoms with Gasteiger partial charge in [-0.05, 0) is 43.1 Å². The number of piperidine rings is 1. The number of hydrogen-bond acceptors (Lipinski definition) is 4. The van der Waals surface area contributed by atoms with E-state index in [-0.39, 0.29) is 12.4 Å². The number of rotatable bonds is 4. The smallest absolute Gasteiger partial charge is 0.320 e. The maximum Gasteiger partial charge on any atom is 0.320 e. The van der Waals surface area contributed by atoms with Crippen LogP contribution in [0.1, 0.15) is 36.4 Å². The fraction of sp³-hybridized carbons (Fsp3) is 0.350. The average molecular weight is 375 g/mol. The molecule has 0 spiro atoms. The van der Waals surface area contributed by atoms with Crippen LogP contribution in [0.4, 0.5) is 8.78 Å². The first-order valence-electron chi connectivity index (χ1n) is 8.87. The second kappa shape index (κ2) is 7.15. The lowest BCUT2D eigenvalue weighted by Gasteiger charge is -2.39. The second-order valence-corrected chi connectivity index (χ2v) is 6.77. The topological polar surface area (TPSA) is 59.0 Å². The average Bonchev–Trinajstić information content (AvgIpc) is 3.12. The number of nitrogens with zero attached hydrogens (tertiary/aromatic N) is 1. The zero-order valence-electron chi connectivity index (χ0n) is 14.5. The molecule has 4 rings (SSSR count). The molecule has 7 heteroatoms. The molecule has 1 fully saturated rings. The quantitative estimate of drug-likeness (QED) is 0.883. The predicted molar refractivity (Wildman–Crippen MR) is 92.7 cm³/mol. The highest BCUT2D eigenvalue weighted by atomic mass is 19.1. The number of benzene rings is 2. The van der Waals surface area contributed by atoms with Crippen molar-refractivity contribution in [3.63, 3.8) is 0 Å². The summed E-state index contributed by atoms with van der Waals surface area (Å²) in [5.74, 6) is -1.20. The van der Waals surface area contributed by atoms with Crippen LogP contribution in [0.25, 0.3) is 0 Å². The third kappa shape index (κ3) is 3.35. The minimum absolute atomic E-state index is 0.107. The summed E-state index contributed by atoms with van der Waals surface area (Å²) in [4.78, 5) is 13.6. The summed E-state index contributed by atoms with van der Waals surface area (Å²) in [5.41, 5.74) is 0.918. The van der Waals surface area contributed by atoms with E-state index in [2.05, 4.69) is 0 Å². The first kappa shape index (κ1) is 17.7. The summed E-state index contributed by atoms with van der Waals surface area (Å²) in [5, 5.41) is 9.68. The Morgan fingerprint density at radius 2 is 1.93 bits per heavy atom. The number of carboxylic acid groups (broad SMARTS) is 1. The number of aliphatic carboxylic acids is 1. The molecule has 0 amide bonds. The third-order valence-corrected chi connectivity index (χ3v) is 5.13. The van der Waals surface area contributed by atoms with Crippen molar-refractivity contribution in [1.29, 1.82) is 0 Å². The molecular formula is C20H19F2NO4. The number of halogens is 2. The van der Waals surface area contributed by atoms with Gasteiger partial charge in [-0.2, -0.15) is 0 Å². The van der Waals surface area contributed by atoms with Gasteiger partial charge in [0.25, 0.3) is 0 Å². The van der Waals surface area contributed by atoms with Gasteiger partial charge in [0.1, 0.15) is 17.7 Å². The Morgan fingerprint density at radius 3 is 2.70 bits per heavy atom. The summed E-state index contributed by atoms with van der Waals surface area (Å²) in [6, 6.07) is 7.24. The maximum absolute atomic E-state index is 14.7. The Balaban J connectivity index is 1.83. The number of likely N-dealkylation sites (tertiary alicyclic amines) is 1. The molecule has 2 aliphatic heterocycles. The van der Waals surface area contributed by atoms with Gasteiger partial charge in [-0.25, -0.2) is 8.78 Å². The molecule has 2 unspecified atom stereocenters. The van der Waals surface area contributed by atoms with E-state index in [4.69, 9.17) is 9.47 Å². The van der Waals surface area contributed by atoms with Gasteiger partial charge < -0.3 is 14.6 Å². The van der Waals surface area contributed by atoms with Crippen LogP contribution in [0.5, 0.6) is 11.5 Å². The summed E-state index contributed by atoms with van der Waals surface area (Å²) in [6.45, 7) is 0.614. The van der Waals surface area contributed by atoms with E-state index in [9.17, 15) is 18.7 Å². The maximum atomic E-state index is 14.7. The lowest BCUT2D eigenvalue weighted by Crippen LogP contribution is -2.47. The SMILES string of the molecule is O=C(O)C1CCCCN1C(c1ccc2c(c1)OCO2)c1ccc(F)cc1F. The molecule has 0 radical (unpaired) electrons. The normalized spacial score (nSPS) is 20.4. The highest BCUT2D eigenvalue weighted by molar-refractivity contribution is 5.73. The minimum Gasteiger partial charge on any atom is -0.480 e. The van der Waals surface area contributed by atoms with E-state index in [1.165, 1.54) is 12.1 Å². The Kier molecular flexibility index (Phi) is 4.70. The molecule has 2 heterocycles. The molecular weight excluding hydrogens is 356 g/mol. The van der Waals surface area contributed by atoms with Gasteiger partial charge in [-0.15, -0.1) is 0 Å². The van der Waals surface area contributed by atoms with E-state index in [1.807, 2.05) is 0 Å². The van der Waals surface area contributed by atoms with Gasteiger partial charge >= 0.3 is 5.97 Å². The molecule has 2 aromatic rings. The number of carboxylic acids is 1. The van der Waals surface area contributed by atoms with Crippen LogP contribution < -0.4 is 9.47 Å². The molecule has 142 valence electrons. The molecule has 1 N–H and O–H groups in total. The first-order chi connectivity index (χ1) is 13.0. The van der Waals surface area contributed by atoms with E-state index in [1.54, 1.807) is 23.1 Å². The van der Waals surface area contributed by atoms with E-state index >= 15 is 0 Å². The molecule has 0 aliphatic carbocycles. The van der Waals surface area contributed by atoms with Gasteiger partial charge in [-0.3, -0.25) is 9.69 Å². The number of hydrogen-bond donors (Lipinski definition) is 1. The van der Waals surface area contributed by atoms with Crippen LogP contribution in [0, 0.1) is 11.6 Å². The number of fused-ring (bicyclic) bond motifs is 1. The molecule has 2 aliphatic rings. The van der Waals surface area contributed by atoms with Crippen LogP contribution in [-0.4, -0.2) is 35.4 Å². The molecule has 0 saturated carbocycles. The van der Waals surface area contributed by atoms with Crippen molar-refractivity contribution in [2.24, 2.45) is 0 Å². The molecule has 1 saturated heterocycles. The van der Waals surface area contributed by atoms with Crippen molar-refractivity contribution >= 4 is 5.97 Å². The molecule has 5 nitrogen and oxygen atoms in total. The van der Waals surface area contributed by atoms with Gasteiger partial charge in [-0.1, -0.05) is 18.6 Å². The van der Waals surface area contributed by atoms with Crippen LogP contribution >= 0.6 is 0 Å². The summed E-state index contributed by atoms with van der Waals surface area (Å²) in [6.07, 6.45) is 2.10. The van der Waals surface area contributed by atoms with Crippen LogP contribution in [0.2, 0.25) is 0 Å². The van der Waals surface area contributed by atoms with Crippen molar-refractivity contribution in [1.82, 2.24) is 4.90 Å². The largest absolute Gasteiger partial charge is 0.480 e. The summed E-state index contributed by atoms with van der Waals surface area (Å²) in [7, 11) is 0. The van der Waals surface area contributed by atoms with E-state index in [0.29, 0.717) is 30.0 Å². The summed E-state index contributed by atoms with van der Waals surface area (Å²) >= 11 is 0. The lowest BCUT2D eigenvalue weighted by atomic mass is 9.91. The summed E-state index contributed by atoms with van der Waals surface area (Å²) < 4.78 is 38.9. The highest BCUT2D eigenvalue weighted by Crippen LogP contribution is 2.40. The Morgan fingerprint density at radius 1 is 1.11 bits per heavy atom. The third-order valence-electron chi connectivity index (χ3n) is 5.13. The first-order valence-corrected chi connectivity index (χ1v) is 8.87. The lowest BCUT2D eigenvalue weighted by molar-refractivity contribution is -0.145. The zero-order valence-corrected chi connectivity index (χ0v) is 14.5. The van der Waals surface area contributed by atoms with E-state index in [0.717, 1.165) is 18.9 Å². The predicted octanol–water partition coefficient (Wildman–Crippen LogP) is 3.72. The molecule has 0 aromatic heterocycles. The molecule has 27 heavy (non-hydrogen) atoms. The Bertz CT molecular complexity index is 873. The monoisotopic (exact) mass is 375 g/mol. The number of ether oxygens (including phenoxy) is 2. The van der Waals surface area contributed by atoms with Crippen LogP contribution in [0.15, 0.2) is 36.4 Å². The van der Waals surface area contributed by atoms with Gasteiger partial charge in [0.2, 0.25) is 6.79 Å². The van der Waals surface area contributed by atoms with E-state index < -0.39 is 29.7 Å². The van der Waals surface area contributed by atoms with Gasteiger partial charge in [0.15, 0.2) is 11.5 Å². The fourth-order valence-corrected chi connectivity index (χ4v) is 3.88. The van der Waals surface area contributed by atoms with Crippen molar-refractivity contribution in [3.8, 4) is 11.5 Å². The Hall–Kier alpha value is -2.67. The van der Waals surface area contributed by atoms with Crippen molar-refractivity contribution < 1.29 is 28.2 Å². The second-order valence-electron chi connectivity index (χ2n) is 6.77. The molecule has 2 aromatic carbocycles. The minimum atomic E-state index is -0.942. The van der Waals surface area contributed by atoms with Crippen molar-refractivity contribution in [2.45, 2.75) is 31.3 Å². The van der Waals surface area contributed by atoms with Gasteiger partial charge in [0, 0.05) is 11.6 Å². The Labute approximate surface area is 155 Å². The van der Waals surface area contributed by atoms with Crippen LogP contribution in [0.3, 0.4) is 0 Å². The zero-order chi connectivity index (χ0) is 19.0.